The van der Waals surface area contributed by atoms with Crippen molar-refractivity contribution in [1.29, 1.82) is 0 Å². The molecule has 4 nitrogen and oxygen atoms in total. The maximum atomic E-state index is 5.99. The SMILES string of the molecule is Clc1nc(-c2cccs2)nc2[nH]cnc12. The molecule has 0 aliphatic rings. The van der Waals surface area contributed by atoms with Gasteiger partial charge in [0, 0.05) is 0 Å². The number of H-pyrrole nitrogens is 1. The van der Waals surface area contributed by atoms with Gasteiger partial charge in [-0.1, -0.05) is 17.7 Å². The number of halogens is 1. The Kier molecular flexibility index (Phi) is 1.93. The van der Waals surface area contributed by atoms with Gasteiger partial charge < -0.3 is 4.98 Å². The van der Waals surface area contributed by atoms with Gasteiger partial charge in [0.05, 0.1) is 11.2 Å². The lowest BCUT2D eigenvalue weighted by Crippen LogP contribution is -1.89. The summed E-state index contributed by atoms with van der Waals surface area (Å²) in [4.78, 5) is 16.5. The van der Waals surface area contributed by atoms with E-state index in [4.69, 9.17) is 11.6 Å². The Morgan fingerprint density at radius 2 is 2.27 bits per heavy atom. The van der Waals surface area contributed by atoms with Gasteiger partial charge in [0.25, 0.3) is 0 Å². The van der Waals surface area contributed by atoms with Crippen molar-refractivity contribution in [3.8, 4) is 10.7 Å². The molecule has 0 bridgehead atoms. The second-order valence-electron chi connectivity index (χ2n) is 2.92. The topological polar surface area (TPSA) is 54.5 Å². The fourth-order valence-corrected chi connectivity index (χ4v) is 2.19. The zero-order chi connectivity index (χ0) is 10.3. The molecule has 74 valence electrons. The summed E-state index contributed by atoms with van der Waals surface area (Å²) < 4.78 is 0. The molecule has 0 aliphatic heterocycles. The highest BCUT2D eigenvalue weighted by molar-refractivity contribution is 7.13. The summed E-state index contributed by atoms with van der Waals surface area (Å²) in [6.45, 7) is 0. The van der Waals surface area contributed by atoms with E-state index in [1.807, 2.05) is 17.5 Å². The van der Waals surface area contributed by atoms with Crippen LogP contribution in [0.2, 0.25) is 5.15 Å². The maximum absolute atomic E-state index is 5.99. The Morgan fingerprint density at radius 3 is 3.07 bits per heavy atom. The zero-order valence-corrected chi connectivity index (χ0v) is 9.01. The van der Waals surface area contributed by atoms with E-state index in [1.54, 1.807) is 17.7 Å². The maximum Gasteiger partial charge on any atom is 0.173 e. The molecule has 0 radical (unpaired) electrons. The molecule has 0 atom stereocenters. The summed E-state index contributed by atoms with van der Waals surface area (Å²) in [5.41, 5.74) is 1.27. The second-order valence-corrected chi connectivity index (χ2v) is 4.22. The average Bonchev–Trinajstić information content (AvgIpc) is 2.88. The molecule has 15 heavy (non-hydrogen) atoms. The number of imidazole rings is 1. The molecule has 0 aromatic carbocycles. The lowest BCUT2D eigenvalue weighted by molar-refractivity contribution is 1.22. The van der Waals surface area contributed by atoms with Crippen molar-refractivity contribution in [3.05, 3.63) is 29.0 Å². The van der Waals surface area contributed by atoms with Gasteiger partial charge in [0.1, 0.15) is 5.52 Å². The predicted octanol–water partition coefficient (Wildman–Crippen LogP) is 2.73. The quantitative estimate of drug-likeness (QED) is 0.661. The minimum Gasteiger partial charge on any atom is -0.329 e. The molecule has 3 aromatic heterocycles. The number of rotatable bonds is 1. The first-order valence-corrected chi connectivity index (χ1v) is 5.51. The molecule has 3 rings (SSSR count). The van der Waals surface area contributed by atoms with Crippen molar-refractivity contribution >= 4 is 34.1 Å². The van der Waals surface area contributed by atoms with Gasteiger partial charge in [0.2, 0.25) is 0 Å². The molecular weight excluding hydrogens is 232 g/mol. The largest absolute Gasteiger partial charge is 0.329 e. The number of hydrogen-bond donors (Lipinski definition) is 1. The second kappa shape index (κ2) is 3.29. The Bertz CT molecular complexity index is 602. The first-order valence-electron chi connectivity index (χ1n) is 4.25. The van der Waals surface area contributed by atoms with E-state index in [0.29, 0.717) is 22.1 Å². The van der Waals surface area contributed by atoms with Gasteiger partial charge in [-0.05, 0) is 11.4 Å². The molecule has 0 unspecified atom stereocenters. The zero-order valence-electron chi connectivity index (χ0n) is 7.44. The van der Waals surface area contributed by atoms with Gasteiger partial charge in [-0.3, -0.25) is 0 Å². The Labute approximate surface area is 94.0 Å². The average molecular weight is 237 g/mol. The molecule has 3 heterocycles. The fourth-order valence-electron chi connectivity index (χ4n) is 1.32. The van der Waals surface area contributed by atoms with Crippen LogP contribution in [0.1, 0.15) is 0 Å². The van der Waals surface area contributed by atoms with E-state index in [2.05, 4.69) is 19.9 Å². The highest BCUT2D eigenvalue weighted by atomic mass is 35.5. The summed E-state index contributed by atoms with van der Waals surface area (Å²) in [5.74, 6) is 0.631. The van der Waals surface area contributed by atoms with Crippen LogP contribution in [0.15, 0.2) is 23.8 Å². The summed E-state index contributed by atoms with van der Waals surface area (Å²) in [6.07, 6.45) is 1.56. The molecular formula is C9H5ClN4S. The molecule has 0 fully saturated rings. The minimum absolute atomic E-state index is 0.379. The third-order valence-corrected chi connectivity index (χ3v) is 3.11. The van der Waals surface area contributed by atoms with Gasteiger partial charge in [-0.2, -0.15) is 0 Å². The van der Waals surface area contributed by atoms with Gasteiger partial charge >= 0.3 is 0 Å². The fraction of sp³-hybridized carbons (Fsp3) is 0. The highest BCUT2D eigenvalue weighted by Gasteiger charge is 2.09. The molecule has 0 saturated carbocycles. The van der Waals surface area contributed by atoms with Crippen LogP contribution in [-0.4, -0.2) is 19.9 Å². The van der Waals surface area contributed by atoms with Crippen LogP contribution in [0.5, 0.6) is 0 Å². The Morgan fingerprint density at radius 1 is 1.33 bits per heavy atom. The standard InChI is InChI=1S/C9H5ClN4S/c10-7-6-9(12-4-11-6)14-8(13-7)5-2-1-3-15-5/h1-4H,(H,11,12,13,14). The molecule has 0 saturated heterocycles. The van der Waals surface area contributed by atoms with Gasteiger partial charge in [0.15, 0.2) is 16.6 Å². The van der Waals surface area contributed by atoms with E-state index in [-0.39, 0.29) is 0 Å². The van der Waals surface area contributed by atoms with Crippen molar-refractivity contribution in [2.24, 2.45) is 0 Å². The van der Waals surface area contributed by atoms with Crippen LogP contribution >= 0.6 is 22.9 Å². The molecule has 0 aliphatic carbocycles. The van der Waals surface area contributed by atoms with E-state index in [1.165, 1.54) is 0 Å². The van der Waals surface area contributed by atoms with Gasteiger partial charge in [-0.25, -0.2) is 15.0 Å². The smallest absolute Gasteiger partial charge is 0.173 e. The van der Waals surface area contributed by atoms with Gasteiger partial charge in [-0.15, -0.1) is 11.3 Å². The summed E-state index contributed by atoms with van der Waals surface area (Å²) in [7, 11) is 0. The number of fused-ring (bicyclic) bond motifs is 1. The normalized spacial score (nSPS) is 11.0. The van der Waals surface area contributed by atoms with Crippen LogP contribution in [0.25, 0.3) is 21.9 Å². The van der Waals surface area contributed by atoms with Crippen LogP contribution in [0, 0.1) is 0 Å². The Hall–Kier alpha value is -1.46. The number of aromatic nitrogens is 4. The molecule has 3 aromatic rings. The lowest BCUT2D eigenvalue weighted by atomic mass is 10.4. The van der Waals surface area contributed by atoms with Crippen molar-refractivity contribution in [2.45, 2.75) is 0 Å². The Balaban J connectivity index is 2.29. The van der Waals surface area contributed by atoms with Crippen molar-refractivity contribution in [1.82, 2.24) is 19.9 Å². The molecule has 0 amide bonds. The number of nitrogens with one attached hydrogen (secondary N) is 1. The highest BCUT2D eigenvalue weighted by Crippen LogP contribution is 2.25. The number of thiophene rings is 1. The number of aromatic amines is 1. The lowest BCUT2D eigenvalue weighted by Gasteiger charge is -1.97. The van der Waals surface area contributed by atoms with Crippen molar-refractivity contribution in [2.75, 3.05) is 0 Å². The first kappa shape index (κ1) is 8.82. The predicted molar refractivity (Wildman–Crippen MR) is 60.0 cm³/mol. The van der Waals surface area contributed by atoms with E-state index < -0.39 is 0 Å². The molecule has 0 spiro atoms. The van der Waals surface area contributed by atoms with E-state index in [0.717, 1.165) is 4.88 Å². The van der Waals surface area contributed by atoms with Crippen LogP contribution in [-0.2, 0) is 0 Å². The van der Waals surface area contributed by atoms with Crippen LogP contribution < -0.4 is 0 Å². The molecule has 6 heteroatoms. The summed E-state index contributed by atoms with van der Waals surface area (Å²) in [6, 6.07) is 3.91. The molecule has 1 N–H and O–H groups in total. The van der Waals surface area contributed by atoms with Crippen LogP contribution in [0.3, 0.4) is 0 Å². The van der Waals surface area contributed by atoms with Crippen LogP contribution in [0.4, 0.5) is 0 Å². The monoisotopic (exact) mass is 236 g/mol. The first-order chi connectivity index (χ1) is 7.34. The third kappa shape index (κ3) is 1.40. The van der Waals surface area contributed by atoms with Crippen molar-refractivity contribution < 1.29 is 0 Å². The number of nitrogens with zero attached hydrogens (tertiary/aromatic N) is 3. The third-order valence-electron chi connectivity index (χ3n) is 1.98. The van der Waals surface area contributed by atoms with Crippen molar-refractivity contribution in [3.63, 3.8) is 0 Å². The minimum atomic E-state index is 0.379. The van der Waals surface area contributed by atoms with E-state index >= 15 is 0 Å². The summed E-state index contributed by atoms with van der Waals surface area (Å²) in [5, 5.41) is 2.36. The van der Waals surface area contributed by atoms with E-state index in [9.17, 15) is 0 Å². The number of hydrogen-bond acceptors (Lipinski definition) is 4. The summed E-state index contributed by atoms with van der Waals surface area (Å²) >= 11 is 7.57.